The van der Waals surface area contributed by atoms with Gasteiger partial charge in [-0.3, -0.25) is 0 Å². The van der Waals surface area contributed by atoms with Crippen LogP contribution in [0.4, 0.5) is 0 Å². The van der Waals surface area contributed by atoms with E-state index in [2.05, 4.69) is 4.40 Å². The van der Waals surface area contributed by atoms with Crippen molar-refractivity contribution in [1.29, 1.82) is 0 Å². The molecule has 4 heteroatoms. The number of nitrogens with zero attached hydrogens (tertiary/aromatic N) is 1. The van der Waals surface area contributed by atoms with Crippen LogP contribution in [-0.4, -0.2) is 14.6 Å². The Balaban J connectivity index is 2.68. The standard InChI is InChI=1S/C10H11NO2S/c1-8-6-9-4-2-3-5-10(9)14(12,13)11-7-8/h2-5,7-8H,6H2,1H3/t8-/m0/s1. The van der Waals surface area contributed by atoms with Crippen LogP contribution in [0.15, 0.2) is 33.6 Å². The van der Waals surface area contributed by atoms with Crippen LogP contribution in [-0.2, 0) is 16.4 Å². The van der Waals surface area contributed by atoms with Gasteiger partial charge in [-0.15, -0.1) is 0 Å². The van der Waals surface area contributed by atoms with Crippen molar-refractivity contribution in [2.24, 2.45) is 10.3 Å². The van der Waals surface area contributed by atoms with Crippen LogP contribution in [0, 0.1) is 5.92 Å². The number of rotatable bonds is 0. The van der Waals surface area contributed by atoms with E-state index in [9.17, 15) is 8.42 Å². The molecule has 1 aromatic carbocycles. The second-order valence-electron chi connectivity index (χ2n) is 3.52. The summed E-state index contributed by atoms with van der Waals surface area (Å²) in [5, 5.41) is 0. The van der Waals surface area contributed by atoms with Gasteiger partial charge in [0.05, 0.1) is 4.90 Å². The molecule has 74 valence electrons. The van der Waals surface area contributed by atoms with Crippen LogP contribution in [0.2, 0.25) is 0 Å². The maximum Gasteiger partial charge on any atom is 0.282 e. The van der Waals surface area contributed by atoms with E-state index in [4.69, 9.17) is 0 Å². The fraction of sp³-hybridized carbons (Fsp3) is 0.300. The van der Waals surface area contributed by atoms with Crippen LogP contribution in [0.3, 0.4) is 0 Å². The van der Waals surface area contributed by atoms with Gasteiger partial charge >= 0.3 is 0 Å². The maximum atomic E-state index is 11.6. The zero-order valence-electron chi connectivity index (χ0n) is 7.84. The average Bonchev–Trinajstić information content (AvgIpc) is 2.25. The Morgan fingerprint density at radius 2 is 2.07 bits per heavy atom. The van der Waals surface area contributed by atoms with Crippen molar-refractivity contribution in [3.63, 3.8) is 0 Å². The summed E-state index contributed by atoms with van der Waals surface area (Å²) in [6.07, 6.45) is 2.24. The second-order valence-corrected chi connectivity index (χ2v) is 5.12. The third-order valence-electron chi connectivity index (χ3n) is 2.25. The number of hydrogen-bond acceptors (Lipinski definition) is 2. The fourth-order valence-electron chi connectivity index (χ4n) is 1.56. The summed E-state index contributed by atoms with van der Waals surface area (Å²) in [4.78, 5) is 0.348. The van der Waals surface area contributed by atoms with Crippen molar-refractivity contribution in [1.82, 2.24) is 0 Å². The lowest BCUT2D eigenvalue weighted by molar-refractivity contribution is 0.597. The van der Waals surface area contributed by atoms with Crippen molar-refractivity contribution in [3.05, 3.63) is 29.8 Å². The first kappa shape index (κ1) is 9.40. The van der Waals surface area contributed by atoms with Crippen molar-refractivity contribution in [3.8, 4) is 0 Å². The Morgan fingerprint density at radius 1 is 1.36 bits per heavy atom. The molecule has 1 atom stereocenters. The van der Waals surface area contributed by atoms with Crippen LogP contribution >= 0.6 is 0 Å². The quantitative estimate of drug-likeness (QED) is 0.652. The highest BCUT2D eigenvalue weighted by Crippen LogP contribution is 2.23. The van der Waals surface area contributed by atoms with Gasteiger partial charge in [0.25, 0.3) is 10.0 Å². The summed E-state index contributed by atoms with van der Waals surface area (Å²) in [5.41, 5.74) is 0.859. The van der Waals surface area contributed by atoms with Gasteiger partial charge in [0.15, 0.2) is 0 Å². The number of fused-ring (bicyclic) bond motifs is 1. The highest BCUT2D eigenvalue weighted by atomic mass is 32.2. The molecule has 0 saturated carbocycles. The summed E-state index contributed by atoms with van der Waals surface area (Å²) < 4.78 is 26.9. The predicted molar refractivity (Wildman–Crippen MR) is 55.0 cm³/mol. The molecule has 0 saturated heterocycles. The monoisotopic (exact) mass is 209 g/mol. The van der Waals surface area contributed by atoms with Gasteiger partial charge in [-0.05, 0) is 24.0 Å². The van der Waals surface area contributed by atoms with Crippen molar-refractivity contribution >= 4 is 16.2 Å². The van der Waals surface area contributed by atoms with Crippen LogP contribution in [0.5, 0.6) is 0 Å². The van der Waals surface area contributed by atoms with Gasteiger partial charge in [-0.25, -0.2) is 0 Å². The zero-order chi connectivity index (χ0) is 10.2. The van der Waals surface area contributed by atoms with E-state index < -0.39 is 10.0 Å². The lowest BCUT2D eigenvalue weighted by Gasteiger charge is -2.04. The molecule has 2 rings (SSSR count). The Kier molecular flexibility index (Phi) is 2.15. The molecule has 0 amide bonds. The number of sulfonamides is 1. The molecule has 0 aliphatic carbocycles. The minimum Gasteiger partial charge on any atom is -0.199 e. The third-order valence-corrected chi connectivity index (χ3v) is 3.60. The van der Waals surface area contributed by atoms with Gasteiger partial charge in [-0.2, -0.15) is 12.8 Å². The summed E-state index contributed by atoms with van der Waals surface area (Å²) in [7, 11) is -3.44. The molecule has 1 aliphatic heterocycles. The largest absolute Gasteiger partial charge is 0.282 e. The van der Waals surface area contributed by atoms with E-state index in [1.54, 1.807) is 12.1 Å². The minimum absolute atomic E-state index is 0.174. The summed E-state index contributed by atoms with van der Waals surface area (Å²) in [6.45, 7) is 1.96. The highest BCUT2D eigenvalue weighted by molar-refractivity contribution is 7.90. The molecule has 14 heavy (non-hydrogen) atoms. The van der Waals surface area contributed by atoms with Gasteiger partial charge in [0.2, 0.25) is 0 Å². The molecule has 0 aromatic heterocycles. The lowest BCUT2D eigenvalue weighted by atomic mass is 10.0. The Morgan fingerprint density at radius 3 is 2.86 bits per heavy atom. The van der Waals surface area contributed by atoms with E-state index >= 15 is 0 Å². The molecule has 1 aromatic rings. The first-order chi connectivity index (χ1) is 6.59. The van der Waals surface area contributed by atoms with E-state index in [1.165, 1.54) is 6.21 Å². The number of hydrogen-bond donors (Lipinski definition) is 0. The van der Waals surface area contributed by atoms with E-state index in [1.807, 2.05) is 19.1 Å². The summed E-state index contributed by atoms with van der Waals surface area (Å²) in [5.74, 6) is 0.174. The SMILES string of the molecule is C[C@@H]1C=NS(=O)(=O)c2ccccc2C1. The van der Waals surface area contributed by atoms with Crippen molar-refractivity contribution in [2.45, 2.75) is 18.2 Å². The molecule has 0 N–H and O–H groups in total. The number of benzene rings is 1. The highest BCUT2D eigenvalue weighted by Gasteiger charge is 2.20. The molecular formula is C10H11NO2S. The van der Waals surface area contributed by atoms with Gasteiger partial charge in [-0.1, -0.05) is 25.1 Å². The predicted octanol–water partition coefficient (Wildman–Crippen LogP) is 1.64. The fourth-order valence-corrected chi connectivity index (χ4v) is 2.78. The first-order valence-corrected chi connectivity index (χ1v) is 5.92. The van der Waals surface area contributed by atoms with Crippen LogP contribution < -0.4 is 0 Å². The van der Waals surface area contributed by atoms with Gasteiger partial charge in [0, 0.05) is 6.21 Å². The van der Waals surface area contributed by atoms with Gasteiger partial charge in [0.1, 0.15) is 0 Å². The van der Waals surface area contributed by atoms with Crippen molar-refractivity contribution < 1.29 is 8.42 Å². The molecule has 0 bridgehead atoms. The molecule has 3 nitrogen and oxygen atoms in total. The minimum atomic E-state index is -3.44. The first-order valence-electron chi connectivity index (χ1n) is 4.48. The molecule has 0 spiro atoms. The summed E-state index contributed by atoms with van der Waals surface area (Å²) >= 11 is 0. The topological polar surface area (TPSA) is 46.5 Å². The lowest BCUT2D eigenvalue weighted by Crippen LogP contribution is -2.00. The Labute approximate surface area is 83.5 Å². The second kappa shape index (κ2) is 3.20. The van der Waals surface area contributed by atoms with E-state index in [-0.39, 0.29) is 5.92 Å². The molecule has 1 heterocycles. The van der Waals surface area contributed by atoms with Crippen LogP contribution in [0.1, 0.15) is 12.5 Å². The van der Waals surface area contributed by atoms with Crippen molar-refractivity contribution in [2.75, 3.05) is 0 Å². The third kappa shape index (κ3) is 1.57. The molecule has 0 unspecified atom stereocenters. The molecular weight excluding hydrogens is 198 g/mol. The normalized spacial score (nSPS) is 23.9. The van der Waals surface area contributed by atoms with Crippen LogP contribution in [0.25, 0.3) is 0 Å². The van der Waals surface area contributed by atoms with E-state index in [0.29, 0.717) is 4.90 Å². The zero-order valence-corrected chi connectivity index (χ0v) is 8.66. The molecule has 0 fully saturated rings. The Hall–Kier alpha value is -1.16. The molecule has 0 radical (unpaired) electrons. The average molecular weight is 209 g/mol. The summed E-state index contributed by atoms with van der Waals surface area (Å²) in [6, 6.07) is 7.03. The van der Waals surface area contributed by atoms with E-state index in [0.717, 1.165) is 12.0 Å². The maximum absolute atomic E-state index is 11.6. The molecule has 1 aliphatic rings. The smallest absolute Gasteiger partial charge is 0.199 e. The Bertz CT molecular complexity index is 477. The van der Waals surface area contributed by atoms with Gasteiger partial charge < -0.3 is 0 Å².